The van der Waals surface area contributed by atoms with Crippen LogP contribution >= 0.6 is 0 Å². The van der Waals surface area contributed by atoms with Crippen LogP contribution in [0.5, 0.6) is 0 Å². The second-order valence-electron chi connectivity index (χ2n) is 1.86. The molecule has 47 valence electrons. The summed E-state index contributed by atoms with van der Waals surface area (Å²) in [7, 11) is 0. The molecule has 1 aliphatic heterocycles. The molecule has 3 nitrogen and oxygen atoms in total. The predicted octanol–water partition coefficient (Wildman–Crippen LogP) is -1.30. The molecule has 3 heteroatoms. The average Bonchev–Trinajstić information content (AvgIpc) is 1.90. The molecule has 1 saturated heterocycles. The second kappa shape index (κ2) is 3.02. The van der Waals surface area contributed by atoms with Gasteiger partial charge >= 0.3 is 0 Å². The summed E-state index contributed by atoms with van der Waals surface area (Å²) >= 11 is 0. The maximum absolute atomic E-state index is 8.56. The van der Waals surface area contributed by atoms with Gasteiger partial charge in [-0.15, -0.1) is 0 Å². The quantitative estimate of drug-likeness (QED) is 0.398. The molecule has 0 aromatic heterocycles. The van der Waals surface area contributed by atoms with Gasteiger partial charge in [-0.25, -0.2) is 0 Å². The summed E-state index contributed by atoms with van der Waals surface area (Å²) in [6.07, 6.45) is 0. The van der Waals surface area contributed by atoms with Gasteiger partial charge < -0.3 is 15.7 Å². The monoisotopic (exact) mass is 115 g/mol. The highest BCUT2D eigenvalue weighted by molar-refractivity contribution is 4.84. The molecule has 1 fully saturated rings. The standard InChI is InChI=1S/C5H11N2O/c8-4-5-3-6-1-2-7-5/h3,5-8H,1-2,4H2/t5-/m1/s1. The van der Waals surface area contributed by atoms with Crippen LogP contribution in [0, 0.1) is 6.54 Å². The molecule has 0 spiro atoms. The van der Waals surface area contributed by atoms with Crippen molar-refractivity contribution in [3.63, 3.8) is 0 Å². The molecule has 1 atom stereocenters. The number of rotatable bonds is 1. The maximum Gasteiger partial charge on any atom is 0.0600 e. The van der Waals surface area contributed by atoms with E-state index < -0.39 is 0 Å². The van der Waals surface area contributed by atoms with Crippen molar-refractivity contribution in [2.24, 2.45) is 0 Å². The Labute approximate surface area is 49.1 Å². The third-order valence-corrected chi connectivity index (χ3v) is 1.19. The largest absolute Gasteiger partial charge is 0.395 e. The summed E-state index contributed by atoms with van der Waals surface area (Å²) in [5.41, 5.74) is 0. The summed E-state index contributed by atoms with van der Waals surface area (Å²) in [5.74, 6) is 0. The van der Waals surface area contributed by atoms with Crippen LogP contribution < -0.4 is 10.6 Å². The molecule has 1 aliphatic rings. The highest BCUT2D eigenvalue weighted by atomic mass is 16.3. The first kappa shape index (κ1) is 6.01. The lowest BCUT2D eigenvalue weighted by atomic mass is 10.2. The second-order valence-corrected chi connectivity index (χ2v) is 1.86. The van der Waals surface area contributed by atoms with E-state index in [1.54, 1.807) is 0 Å². The van der Waals surface area contributed by atoms with Crippen LogP contribution in [0.3, 0.4) is 0 Å². The molecule has 0 bridgehead atoms. The fourth-order valence-corrected chi connectivity index (χ4v) is 0.732. The van der Waals surface area contributed by atoms with Gasteiger partial charge in [0, 0.05) is 25.7 Å². The van der Waals surface area contributed by atoms with Crippen molar-refractivity contribution in [2.75, 3.05) is 19.7 Å². The van der Waals surface area contributed by atoms with Crippen LogP contribution in [0.4, 0.5) is 0 Å². The Morgan fingerprint density at radius 3 is 2.88 bits per heavy atom. The summed E-state index contributed by atoms with van der Waals surface area (Å²) in [6, 6.07) is 0.156. The molecule has 0 aromatic carbocycles. The van der Waals surface area contributed by atoms with Crippen LogP contribution in [-0.4, -0.2) is 30.8 Å². The normalized spacial score (nSPS) is 30.4. The van der Waals surface area contributed by atoms with E-state index in [-0.39, 0.29) is 12.6 Å². The zero-order valence-corrected chi connectivity index (χ0v) is 4.72. The highest BCUT2D eigenvalue weighted by Gasteiger charge is 2.09. The van der Waals surface area contributed by atoms with E-state index in [4.69, 9.17) is 5.11 Å². The first-order valence-corrected chi connectivity index (χ1v) is 2.84. The van der Waals surface area contributed by atoms with Gasteiger partial charge in [0.2, 0.25) is 0 Å². The van der Waals surface area contributed by atoms with E-state index in [9.17, 15) is 0 Å². The van der Waals surface area contributed by atoms with Gasteiger partial charge in [-0.3, -0.25) is 0 Å². The molecule has 8 heavy (non-hydrogen) atoms. The van der Waals surface area contributed by atoms with Crippen molar-refractivity contribution in [2.45, 2.75) is 6.04 Å². The molecule has 3 N–H and O–H groups in total. The molecule has 0 saturated carbocycles. The topological polar surface area (TPSA) is 44.3 Å². The van der Waals surface area contributed by atoms with Gasteiger partial charge in [-0.05, 0) is 0 Å². The highest BCUT2D eigenvalue weighted by Crippen LogP contribution is 1.87. The van der Waals surface area contributed by atoms with Gasteiger partial charge in [0.25, 0.3) is 0 Å². The number of aliphatic hydroxyl groups is 1. The average molecular weight is 115 g/mol. The Kier molecular flexibility index (Phi) is 2.27. The molecular formula is C5H11N2O. The minimum Gasteiger partial charge on any atom is -0.395 e. The summed E-state index contributed by atoms with van der Waals surface area (Å²) in [6.45, 7) is 3.98. The number of hydrogen-bond donors (Lipinski definition) is 3. The minimum atomic E-state index is 0.156. The van der Waals surface area contributed by atoms with Gasteiger partial charge in [0.15, 0.2) is 0 Å². The molecule has 0 amide bonds. The summed E-state index contributed by atoms with van der Waals surface area (Å²) in [4.78, 5) is 0. The molecule has 1 radical (unpaired) electrons. The van der Waals surface area contributed by atoms with E-state index in [0.717, 1.165) is 13.1 Å². The Balaban J connectivity index is 2.13. The summed E-state index contributed by atoms with van der Waals surface area (Å²) < 4.78 is 0. The van der Waals surface area contributed by atoms with E-state index >= 15 is 0 Å². The molecule has 1 heterocycles. The van der Waals surface area contributed by atoms with E-state index in [2.05, 4.69) is 10.6 Å². The molecule has 1 rings (SSSR count). The van der Waals surface area contributed by atoms with Crippen molar-refractivity contribution >= 4 is 0 Å². The SMILES string of the molecule is OC[C@H]1[CH]NCCN1. The van der Waals surface area contributed by atoms with Crippen LogP contribution in [0.15, 0.2) is 0 Å². The van der Waals surface area contributed by atoms with Crippen LogP contribution in [0.1, 0.15) is 0 Å². The van der Waals surface area contributed by atoms with Crippen molar-refractivity contribution in [1.29, 1.82) is 0 Å². The predicted molar refractivity (Wildman–Crippen MR) is 31.2 cm³/mol. The Hall–Kier alpha value is -0.120. The van der Waals surface area contributed by atoms with Crippen molar-refractivity contribution in [1.82, 2.24) is 10.6 Å². The number of piperazine rings is 1. The van der Waals surface area contributed by atoms with Gasteiger partial charge in [0.1, 0.15) is 0 Å². The van der Waals surface area contributed by atoms with Crippen molar-refractivity contribution in [3.8, 4) is 0 Å². The third kappa shape index (κ3) is 1.43. The van der Waals surface area contributed by atoms with Crippen LogP contribution in [-0.2, 0) is 0 Å². The van der Waals surface area contributed by atoms with E-state index in [0.29, 0.717) is 0 Å². The Morgan fingerprint density at radius 1 is 1.62 bits per heavy atom. The van der Waals surface area contributed by atoms with Gasteiger partial charge in [-0.2, -0.15) is 0 Å². The third-order valence-electron chi connectivity index (χ3n) is 1.19. The smallest absolute Gasteiger partial charge is 0.0600 e. The lowest BCUT2D eigenvalue weighted by Crippen LogP contribution is -2.46. The van der Waals surface area contributed by atoms with E-state index in [1.807, 2.05) is 6.54 Å². The summed E-state index contributed by atoms with van der Waals surface area (Å²) in [5, 5.41) is 14.7. The Morgan fingerprint density at radius 2 is 2.50 bits per heavy atom. The lowest BCUT2D eigenvalue weighted by Gasteiger charge is -2.21. The zero-order chi connectivity index (χ0) is 5.82. The zero-order valence-electron chi connectivity index (χ0n) is 4.72. The molecule has 0 aromatic rings. The van der Waals surface area contributed by atoms with E-state index in [1.165, 1.54) is 0 Å². The fraction of sp³-hybridized carbons (Fsp3) is 0.800. The molecule has 0 unspecified atom stereocenters. The first-order chi connectivity index (χ1) is 3.93. The van der Waals surface area contributed by atoms with Crippen LogP contribution in [0.25, 0.3) is 0 Å². The van der Waals surface area contributed by atoms with Crippen molar-refractivity contribution in [3.05, 3.63) is 6.54 Å². The molecular weight excluding hydrogens is 104 g/mol. The van der Waals surface area contributed by atoms with Gasteiger partial charge in [0.05, 0.1) is 6.61 Å². The number of nitrogens with one attached hydrogen (secondary N) is 2. The molecule has 0 aliphatic carbocycles. The lowest BCUT2D eigenvalue weighted by molar-refractivity contribution is 0.244. The fourth-order valence-electron chi connectivity index (χ4n) is 0.732. The Bertz CT molecular complexity index is 61.4. The minimum absolute atomic E-state index is 0.156. The maximum atomic E-state index is 8.56. The van der Waals surface area contributed by atoms with Crippen LogP contribution in [0.2, 0.25) is 0 Å². The number of aliphatic hydroxyl groups excluding tert-OH is 1. The van der Waals surface area contributed by atoms with Crippen molar-refractivity contribution < 1.29 is 5.11 Å². The number of hydrogen-bond acceptors (Lipinski definition) is 3. The van der Waals surface area contributed by atoms with Gasteiger partial charge in [-0.1, -0.05) is 0 Å². The first-order valence-electron chi connectivity index (χ1n) is 2.84.